The number of benzene rings is 2. The van der Waals surface area contributed by atoms with E-state index in [9.17, 15) is 14.4 Å². The summed E-state index contributed by atoms with van der Waals surface area (Å²) in [5, 5.41) is 0. The van der Waals surface area contributed by atoms with E-state index in [1.807, 2.05) is 12.1 Å². The molecule has 3 aromatic rings. The summed E-state index contributed by atoms with van der Waals surface area (Å²) in [4.78, 5) is 43.4. The molecule has 0 fully saturated rings. The average molecular weight is 537 g/mol. The molecule has 0 amide bonds. The number of aromatic nitrogens is 1. The van der Waals surface area contributed by atoms with Crippen molar-refractivity contribution in [3.05, 3.63) is 84.5 Å². The summed E-state index contributed by atoms with van der Waals surface area (Å²) < 4.78 is 23.3. The summed E-state index contributed by atoms with van der Waals surface area (Å²) in [7, 11) is 3.04. The number of fused-ring (bicyclic) bond motifs is 1. The Hall–Kier alpha value is -4.18. The van der Waals surface area contributed by atoms with Gasteiger partial charge in [-0.25, -0.2) is 9.79 Å². The van der Waals surface area contributed by atoms with Crippen molar-refractivity contribution in [2.24, 2.45) is 4.99 Å². The number of carbonyl (C=O) groups is 2. The fourth-order valence-electron chi connectivity index (χ4n) is 4.13. The van der Waals surface area contributed by atoms with Crippen LogP contribution in [-0.4, -0.2) is 36.8 Å². The van der Waals surface area contributed by atoms with E-state index in [0.717, 1.165) is 5.56 Å². The third-order valence-electron chi connectivity index (χ3n) is 5.76. The number of thiazole rings is 1. The number of methoxy groups -OCH3 is 2. The molecule has 0 N–H and O–H groups in total. The SMILES string of the molecule is COc1ccc([C@@H]2C(C(=O)OC(C)C)=C(C)N=c3s/c(=C/c4ccc(OC(C)=O)c(OC)c4)c(=O)n32)cc1. The maximum absolute atomic E-state index is 13.8. The van der Waals surface area contributed by atoms with Crippen molar-refractivity contribution in [1.29, 1.82) is 0 Å². The van der Waals surface area contributed by atoms with E-state index in [1.54, 1.807) is 64.3 Å². The van der Waals surface area contributed by atoms with Gasteiger partial charge in [-0.2, -0.15) is 0 Å². The van der Waals surface area contributed by atoms with Gasteiger partial charge < -0.3 is 18.9 Å². The van der Waals surface area contributed by atoms with E-state index in [2.05, 4.69) is 4.99 Å². The van der Waals surface area contributed by atoms with Gasteiger partial charge in [-0.15, -0.1) is 0 Å². The lowest BCUT2D eigenvalue weighted by Gasteiger charge is -2.25. The zero-order valence-corrected chi connectivity index (χ0v) is 22.8. The second-order valence-electron chi connectivity index (χ2n) is 8.81. The standard InChI is InChI=1S/C28H28N2O7S/c1-15(2)36-27(33)24-16(3)29-28-30(25(24)19-8-10-20(34-5)11-9-19)26(32)23(38-28)14-18-7-12-21(37-17(4)31)22(13-18)35-6/h7-15,25H,1-6H3/b23-14+/t25-/m1/s1. The molecule has 0 saturated carbocycles. The molecule has 0 radical (unpaired) electrons. The van der Waals surface area contributed by atoms with Crippen LogP contribution < -0.4 is 29.1 Å². The molecule has 1 aliphatic heterocycles. The summed E-state index contributed by atoms with van der Waals surface area (Å²) in [6.45, 7) is 6.59. The maximum Gasteiger partial charge on any atom is 0.338 e. The van der Waals surface area contributed by atoms with Crippen LogP contribution in [0.2, 0.25) is 0 Å². The molecular weight excluding hydrogens is 508 g/mol. The predicted molar refractivity (Wildman–Crippen MR) is 142 cm³/mol. The second kappa shape index (κ2) is 11.1. The molecular formula is C28H28N2O7S. The van der Waals surface area contributed by atoms with Gasteiger partial charge in [0.1, 0.15) is 5.75 Å². The van der Waals surface area contributed by atoms with Crippen LogP contribution >= 0.6 is 11.3 Å². The molecule has 4 rings (SSSR count). The van der Waals surface area contributed by atoms with Crippen LogP contribution in [0.4, 0.5) is 0 Å². The highest BCUT2D eigenvalue weighted by molar-refractivity contribution is 7.07. The quantitative estimate of drug-likeness (QED) is 0.337. The van der Waals surface area contributed by atoms with Crippen molar-refractivity contribution in [3.63, 3.8) is 0 Å². The topological polar surface area (TPSA) is 105 Å². The molecule has 198 valence electrons. The van der Waals surface area contributed by atoms with Gasteiger partial charge in [-0.1, -0.05) is 29.5 Å². The molecule has 38 heavy (non-hydrogen) atoms. The normalized spacial score (nSPS) is 15.1. The Morgan fingerprint density at radius 2 is 1.76 bits per heavy atom. The fraction of sp³-hybridized carbons (Fsp3) is 0.286. The molecule has 1 atom stereocenters. The van der Waals surface area contributed by atoms with Crippen LogP contribution in [0, 0.1) is 0 Å². The predicted octanol–water partition coefficient (Wildman–Crippen LogP) is 3.13. The van der Waals surface area contributed by atoms with Gasteiger partial charge in [0.25, 0.3) is 5.56 Å². The number of hydrogen-bond donors (Lipinski definition) is 0. The number of esters is 2. The van der Waals surface area contributed by atoms with Gasteiger partial charge >= 0.3 is 11.9 Å². The molecule has 1 aromatic heterocycles. The lowest BCUT2D eigenvalue weighted by Crippen LogP contribution is -2.40. The van der Waals surface area contributed by atoms with Crippen LogP contribution in [0.3, 0.4) is 0 Å². The molecule has 2 heterocycles. The van der Waals surface area contributed by atoms with E-state index in [-0.39, 0.29) is 17.4 Å². The second-order valence-corrected chi connectivity index (χ2v) is 9.82. The van der Waals surface area contributed by atoms with Crippen LogP contribution in [-0.2, 0) is 14.3 Å². The van der Waals surface area contributed by atoms with E-state index in [4.69, 9.17) is 18.9 Å². The van der Waals surface area contributed by atoms with Gasteiger partial charge in [0.15, 0.2) is 16.3 Å². The average Bonchev–Trinajstić information content (AvgIpc) is 3.17. The minimum absolute atomic E-state index is 0.280. The summed E-state index contributed by atoms with van der Waals surface area (Å²) in [5.41, 5.74) is 1.86. The highest BCUT2D eigenvalue weighted by Crippen LogP contribution is 2.32. The number of ether oxygens (including phenoxy) is 4. The molecule has 0 saturated heterocycles. The van der Waals surface area contributed by atoms with Gasteiger partial charge in [0, 0.05) is 6.92 Å². The summed E-state index contributed by atoms with van der Waals surface area (Å²) in [5.74, 6) is 0.293. The number of hydrogen-bond acceptors (Lipinski definition) is 9. The lowest BCUT2D eigenvalue weighted by atomic mass is 9.96. The number of nitrogens with zero attached hydrogens (tertiary/aromatic N) is 2. The first kappa shape index (κ1) is 26.9. The molecule has 0 aliphatic carbocycles. The lowest BCUT2D eigenvalue weighted by molar-refractivity contribution is -0.143. The van der Waals surface area contributed by atoms with Crippen LogP contribution in [0.15, 0.2) is 63.5 Å². The zero-order valence-electron chi connectivity index (χ0n) is 21.9. The van der Waals surface area contributed by atoms with Gasteiger partial charge in [-0.3, -0.25) is 14.2 Å². The van der Waals surface area contributed by atoms with Crippen molar-refractivity contribution < 1.29 is 28.5 Å². The van der Waals surface area contributed by atoms with Gasteiger partial charge in [0.05, 0.1) is 42.2 Å². The largest absolute Gasteiger partial charge is 0.497 e. The third-order valence-corrected chi connectivity index (χ3v) is 6.74. The first-order valence-electron chi connectivity index (χ1n) is 11.9. The maximum atomic E-state index is 13.8. The van der Waals surface area contributed by atoms with E-state index < -0.39 is 18.0 Å². The molecule has 0 bridgehead atoms. The minimum Gasteiger partial charge on any atom is -0.497 e. The molecule has 0 spiro atoms. The molecule has 10 heteroatoms. The summed E-state index contributed by atoms with van der Waals surface area (Å²) >= 11 is 1.21. The van der Waals surface area contributed by atoms with Gasteiger partial charge in [-0.05, 0) is 62.2 Å². The monoisotopic (exact) mass is 536 g/mol. The van der Waals surface area contributed by atoms with E-state index in [1.165, 1.54) is 29.9 Å². The van der Waals surface area contributed by atoms with E-state index in [0.29, 0.717) is 37.7 Å². The highest BCUT2D eigenvalue weighted by Gasteiger charge is 2.33. The van der Waals surface area contributed by atoms with Crippen LogP contribution in [0.1, 0.15) is 44.9 Å². The Labute approximate surface area is 223 Å². The van der Waals surface area contributed by atoms with Crippen LogP contribution in [0.25, 0.3) is 6.08 Å². The van der Waals surface area contributed by atoms with Crippen molar-refractivity contribution in [2.45, 2.75) is 39.8 Å². The molecule has 2 aromatic carbocycles. The molecule has 1 aliphatic rings. The molecule has 0 unspecified atom stereocenters. The Morgan fingerprint density at radius 1 is 1.05 bits per heavy atom. The van der Waals surface area contributed by atoms with Crippen molar-refractivity contribution in [1.82, 2.24) is 4.57 Å². The van der Waals surface area contributed by atoms with Crippen LogP contribution in [0.5, 0.6) is 17.2 Å². The number of allylic oxidation sites excluding steroid dienone is 1. The minimum atomic E-state index is -0.730. The Kier molecular flexibility index (Phi) is 7.82. The summed E-state index contributed by atoms with van der Waals surface area (Å²) in [6, 6.07) is 11.5. The first-order chi connectivity index (χ1) is 18.1. The zero-order chi connectivity index (χ0) is 27.6. The Balaban J connectivity index is 1.88. The van der Waals surface area contributed by atoms with E-state index >= 15 is 0 Å². The van der Waals surface area contributed by atoms with Crippen molar-refractivity contribution in [2.75, 3.05) is 14.2 Å². The van der Waals surface area contributed by atoms with Gasteiger partial charge in [0.2, 0.25) is 0 Å². The Morgan fingerprint density at radius 3 is 2.37 bits per heavy atom. The Bertz CT molecular complexity index is 1600. The third kappa shape index (κ3) is 5.40. The summed E-state index contributed by atoms with van der Waals surface area (Å²) in [6.07, 6.45) is 1.37. The number of rotatable bonds is 7. The fourth-order valence-corrected chi connectivity index (χ4v) is 5.17. The highest BCUT2D eigenvalue weighted by atomic mass is 32.1. The van der Waals surface area contributed by atoms with Crippen molar-refractivity contribution in [3.8, 4) is 17.2 Å². The van der Waals surface area contributed by atoms with Crippen molar-refractivity contribution >= 4 is 29.4 Å². The number of carbonyl (C=O) groups excluding carboxylic acids is 2. The molecule has 9 nitrogen and oxygen atoms in total. The smallest absolute Gasteiger partial charge is 0.338 e. The first-order valence-corrected chi connectivity index (χ1v) is 12.7.